The molecule has 5 nitrogen and oxygen atoms in total. The van der Waals surface area contributed by atoms with Crippen LogP contribution in [0.25, 0.3) is 0 Å². The Morgan fingerprint density at radius 1 is 1.50 bits per heavy atom. The first-order valence-electron chi connectivity index (χ1n) is 5.96. The minimum absolute atomic E-state index is 0.0822. The van der Waals surface area contributed by atoms with Crippen LogP contribution in [0, 0.1) is 0 Å². The maximum Gasteiger partial charge on any atom is 0.305 e. The molecule has 5 heteroatoms. The molecule has 1 unspecified atom stereocenters. The molecule has 1 aliphatic heterocycles. The van der Waals surface area contributed by atoms with E-state index in [4.69, 9.17) is 9.84 Å². The monoisotopic (exact) mass is 251 g/mol. The number of nitrogens with zero attached hydrogens (tertiary/aromatic N) is 1. The number of carboxylic acids is 1. The summed E-state index contributed by atoms with van der Waals surface area (Å²) in [5.41, 5.74) is 0.979. The van der Waals surface area contributed by atoms with Gasteiger partial charge in [0.15, 0.2) is 0 Å². The first kappa shape index (κ1) is 12.9. The van der Waals surface area contributed by atoms with Gasteiger partial charge in [0.05, 0.1) is 19.6 Å². The molecule has 0 aromatic heterocycles. The van der Waals surface area contributed by atoms with Crippen LogP contribution in [-0.2, 0) is 16.1 Å². The minimum atomic E-state index is -0.814. The van der Waals surface area contributed by atoms with Crippen LogP contribution < -0.4 is 0 Å². The predicted molar refractivity (Wildman–Crippen MR) is 65.4 cm³/mol. The largest absolute Gasteiger partial charge is 0.508 e. The van der Waals surface area contributed by atoms with Crippen LogP contribution in [-0.4, -0.2) is 46.9 Å². The number of aromatic hydroxyl groups is 1. The van der Waals surface area contributed by atoms with Crippen molar-refractivity contribution in [2.45, 2.75) is 19.0 Å². The molecular formula is C13H17NO4. The Morgan fingerprint density at radius 3 is 3.06 bits per heavy atom. The second kappa shape index (κ2) is 5.84. The maximum absolute atomic E-state index is 10.8. The van der Waals surface area contributed by atoms with Gasteiger partial charge in [-0.2, -0.15) is 0 Å². The highest BCUT2D eigenvalue weighted by molar-refractivity contribution is 5.67. The van der Waals surface area contributed by atoms with E-state index in [0.29, 0.717) is 26.3 Å². The van der Waals surface area contributed by atoms with Gasteiger partial charge in [-0.25, -0.2) is 0 Å². The lowest BCUT2D eigenvalue weighted by Crippen LogP contribution is -2.45. The van der Waals surface area contributed by atoms with Gasteiger partial charge in [-0.1, -0.05) is 12.1 Å². The van der Waals surface area contributed by atoms with Crippen LogP contribution in [0.2, 0.25) is 0 Å². The van der Waals surface area contributed by atoms with E-state index in [1.165, 1.54) is 0 Å². The standard InChI is InChI=1S/C13H17NO4/c15-12-3-1-2-10(6-12)8-14-4-5-18-9-11(14)7-13(16)17/h1-3,6,11,15H,4-5,7-9H2,(H,16,17). The van der Waals surface area contributed by atoms with E-state index in [2.05, 4.69) is 4.90 Å². The molecular weight excluding hydrogens is 234 g/mol. The molecule has 1 saturated heterocycles. The SMILES string of the molecule is O=C(O)CC1COCCN1Cc1cccc(O)c1. The zero-order valence-corrected chi connectivity index (χ0v) is 10.1. The highest BCUT2D eigenvalue weighted by atomic mass is 16.5. The van der Waals surface area contributed by atoms with Gasteiger partial charge in [-0.05, 0) is 17.7 Å². The number of carboxylic acid groups (broad SMARTS) is 1. The quantitative estimate of drug-likeness (QED) is 0.837. The van der Waals surface area contributed by atoms with Crippen molar-refractivity contribution in [2.24, 2.45) is 0 Å². The van der Waals surface area contributed by atoms with Crippen molar-refractivity contribution in [1.29, 1.82) is 0 Å². The Kier molecular flexibility index (Phi) is 4.17. The van der Waals surface area contributed by atoms with Crippen LogP contribution in [0.5, 0.6) is 5.75 Å². The molecule has 1 aromatic rings. The topological polar surface area (TPSA) is 70.0 Å². The van der Waals surface area contributed by atoms with Gasteiger partial charge in [0, 0.05) is 19.1 Å². The zero-order valence-electron chi connectivity index (χ0n) is 10.1. The maximum atomic E-state index is 10.8. The van der Waals surface area contributed by atoms with Crippen LogP contribution >= 0.6 is 0 Å². The van der Waals surface area contributed by atoms with Crippen molar-refractivity contribution in [1.82, 2.24) is 4.90 Å². The summed E-state index contributed by atoms with van der Waals surface area (Å²) in [6.45, 7) is 2.42. The fourth-order valence-electron chi connectivity index (χ4n) is 2.18. The molecule has 2 N–H and O–H groups in total. The molecule has 18 heavy (non-hydrogen) atoms. The van der Waals surface area contributed by atoms with E-state index in [0.717, 1.165) is 5.56 Å². The Labute approximate surface area is 106 Å². The molecule has 1 aromatic carbocycles. The Balaban J connectivity index is 2.03. The lowest BCUT2D eigenvalue weighted by atomic mass is 10.1. The van der Waals surface area contributed by atoms with Gasteiger partial charge in [0.2, 0.25) is 0 Å². The summed E-state index contributed by atoms with van der Waals surface area (Å²) < 4.78 is 5.32. The first-order chi connectivity index (χ1) is 8.65. The molecule has 0 amide bonds. The number of phenolic OH excluding ortho intramolecular Hbond substituents is 1. The third-order valence-electron chi connectivity index (χ3n) is 3.06. The summed E-state index contributed by atoms with van der Waals surface area (Å²) in [7, 11) is 0. The number of carbonyl (C=O) groups is 1. The van der Waals surface area contributed by atoms with Gasteiger partial charge in [-0.15, -0.1) is 0 Å². The van der Waals surface area contributed by atoms with Gasteiger partial charge < -0.3 is 14.9 Å². The van der Waals surface area contributed by atoms with Crippen LogP contribution in [0.15, 0.2) is 24.3 Å². The van der Waals surface area contributed by atoms with Crippen LogP contribution in [0.4, 0.5) is 0 Å². The number of aliphatic carboxylic acids is 1. The molecule has 1 fully saturated rings. The Bertz CT molecular complexity index is 421. The number of hydrogen-bond acceptors (Lipinski definition) is 4. The van der Waals surface area contributed by atoms with Gasteiger partial charge in [0.1, 0.15) is 5.75 Å². The fraction of sp³-hybridized carbons (Fsp3) is 0.462. The van der Waals surface area contributed by atoms with Gasteiger partial charge in [0.25, 0.3) is 0 Å². The van der Waals surface area contributed by atoms with Crippen molar-refractivity contribution in [2.75, 3.05) is 19.8 Å². The number of rotatable bonds is 4. The third kappa shape index (κ3) is 3.45. The number of morpholine rings is 1. The molecule has 0 saturated carbocycles. The molecule has 0 spiro atoms. The van der Waals surface area contributed by atoms with Crippen molar-refractivity contribution in [3.63, 3.8) is 0 Å². The van der Waals surface area contributed by atoms with E-state index < -0.39 is 5.97 Å². The molecule has 1 aliphatic rings. The Morgan fingerprint density at radius 2 is 2.33 bits per heavy atom. The molecule has 1 heterocycles. The normalized spacial score (nSPS) is 20.8. The second-order valence-electron chi connectivity index (χ2n) is 4.47. The molecule has 0 bridgehead atoms. The smallest absolute Gasteiger partial charge is 0.305 e. The number of benzene rings is 1. The predicted octanol–water partition coefficient (Wildman–Crippen LogP) is 1.07. The molecule has 0 radical (unpaired) electrons. The van der Waals surface area contributed by atoms with E-state index in [-0.39, 0.29) is 18.2 Å². The van der Waals surface area contributed by atoms with Crippen molar-refractivity contribution >= 4 is 5.97 Å². The molecule has 98 valence electrons. The number of ether oxygens (including phenoxy) is 1. The number of phenols is 1. The van der Waals surface area contributed by atoms with E-state index >= 15 is 0 Å². The molecule has 1 atom stereocenters. The second-order valence-corrected chi connectivity index (χ2v) is 4.47. The van der Waals surface area contributed by atoms with Crippen LogP contribution in [0.3, 0.4) is 0 Å². The summed E-state index contributed by atoms with van der Waals surface area (Å²) in [5, 5.41) is 18.3. The van der Waals surface area contributed by atoms with E-state index in [1.54, 1.807) is 18.2 Å². The first-order valence-corrected chi connectivity index (χ1v) is 5.96. The highest BCUT2D eigenvalue weighted by Gasteiger charge is 2.25. The van der Waals surface area contributed by atoms with Crippen molar-refractivity contribution < 1.29 is 19.7 Å². The zero-order chi connectivity index (χ0) is 13.0. The average molecular weight is 251 g/mol. The summed E-state index contributed by atoms with van der Waals surface area (Å²) in [4.78, 5) is 12.9. The number of hydrogen-bond donors (Lipinski definition) is 2. The lowest BCUT2D eigenvalue weighted by molar-refractivity contribution is -0.140. The van der Waals surface area contributed by atoms with E-state index in [9.17, 15) is 9.90 Å². The van der Waals surface area contributed by atoms with Crippen molar-refractivity contribution in [3.05, 3.63) is 29.8 Å². The highest BCUT2D eigenvalue weighted by Crippen LogP contribution is 2.17. The minimum Gasteiger partial charge on any atom is -0.508 e. The van der Waals surface area contributed by atoms with Crippen LogP contribution in [0.1, 0.15) is 12.0 Å². The molecule has 0 aliphatic carbocycles. The summed E-state index contributed by atoms with van der Waals surface area (Å²) in [6.07, 6.45) is 0.0822. The fourth-order valence-corrected chi connectivity index (χ4v) is 2.18. The average Bonchev–Trinajstić information content (AvgIpc) is 2.31. The van der Waals surface area contributed by atoms with Gasteiger partial charge in [-0.3, -0.25) is 9.69 Å². The van der Waals surface area contributed by atoms with Crippen molar-refractivity contribution in [3.8, 4) is 5.75 Å². The van der Waals surface area contributed by atoms with E-state index in [1.807, 2.05) is 6.07 Å². The lowest BCUT2D eigenvalue weighted by Gasteiger charge is -2.34. The Hall–Kier alpha value is -1.59. The van der Waals surface area contributed by atoms with Gasteiger partial charge >= 0.3 is 5.97 Å². The summed E-state index contributed by atoms with van der Waals surface area (Å²) >= 11 is 0. The molecule has 2 rings (SSSR count). The summed E-state index contributed by atoms with van der Waals surface area (Å²) in [5.74, 6) is -0.582. The summed E-state index contributed by atoms with van der Waals surface area (Å²) in [6, 6.07) is 6.94. The third-order valence-corrected chi connectivity index (χ3v) is 3.06.